The summed E-state index contributed by atoms with van der Waals surface area (Å²) in [4.78, 5) is 29.2. The molecule has 0 radical (unpaired) electrons. The number of rotatable bonds is 14. The second-order valence-electron chi connectivity index (χ2n) is 10.9. The van der Waals surface area contributed by atoms with Gasteiger partial charge in [-0.05, 0) is 74.1 Å². The van der Waals surface area contributed by atoms with E-state index in [9.17, 15) is 18.0 Å². The SMILES string of the molecule is CCC(C)NC(=O)C(Cc1ccccc1)N(Cc1cccc(Cl)c1)C(=O)CCCN(c1cc(C)ccc1C)S(C)(=O)=O. The van der Waals surface area contributed by atoms with Gasteiger partial charge in [-0.2, -0.15) is 0 Å². The van der Waals surface area contributed by atoms with E-state index in [0.717, 1.165) is 28.7 Å². The van der Waals surface area contributed by atoms with E-state index in [1.165, 1.54) is 10.6 Å². The molecule has 0 aromatic heterocycles. The normalized spacial score (nSPS) is 12.8. The predicted molar refractivity (Wildman–Crippen MR) is 171 cm³/mol. The largest absolute Gasteiger partial charge is 0.352 e. The molecular formula is C33H42ClN3O4S. The lowest BCUT2D eigenvalue weighted by molar-refractivity contribution is -0.141. The van der Waals surface area contributed by atoms with Crippen LogP contribution in [0.3, 0.4) is 0 Å². The van der Waals surface area contributed by atoms with Crippen LogP contribution in [0.25, 0.3) is 0 Å². The molecule has 2 atom stereocenters. The summed E-state index contributed by atoms with van der Waals surface area (Å²) in [7, 11) is -3.59. The quantitative estimate of drug-likeness (QED) is 0.240. The Morgan fingerprint density at radius 1 is 0.952 bits per heavy atom. The van der Waals surface area contributed by atoms with E-state index in [2.05, 4.69) is 5.32 Å². The minimum Gasteiger partial charge on any atom is -0.352 e. The Morgan fingerprint density at radius 3 is 2.29 bits per heavy atom. The summed E-state index contributed by atoms with van der Waals surface area (Å²) in [5.41, 5.74) is 4.13. The lowest BCUT2D eigenvalue weighted by atomic mass is 10.0. The second-order valence-corrected chi connectivity index (χ2v) is 13.2. The monoisotopic (exact) mass is 611 g/mol. The number of amides is 2. The van der Waals surface area contributed by atoms with Crippen molar-refractivity contribution >= 4 is 39.1 Å². The van der Waals surface area contributed by atoms with Crippen LogP contribution >= 0.6 is 11.6 Å². The van der Waals surface area contributed by atoms with Gasteiger partial charge in [0.05, 0.1) is 11.9 Å². The lowest BCUT2D eigenvalue weighted by Gasteiger charge is -2.33. The number of hydrogen-bond acceptors (Lipinski definition) is 4. The highest BCUT2D eigenvalue weighted by molar-refractivity contribution is 7.92. The first-order valence-electron chi connectivity index (χ1n) is 14.3. The van der Waals surface area contributed by atoms with Crippen LogP contribution in [-0.2, 0) is 32.6 Å². The van der Waals surface area contributed by atoms with Gasteiger partial charge in [-0.15, -0.1) is 0 Å². The number of benzene rings is 3. The Hall–Kier alpha value is -3.36. The summed E-state index contributed by atoms with van der Waals surface area (Å²) >= 11 is 6.27. The third kappa shape index (κ3) is 9.60. The van der Waals surface area contributed by atoms with Crippen LogP contribution in [-0.4, -0.2) is 50.0 Å². The van der Waals surface area contributed by atoms with Crippen molar-refractivity contribution in [2.24, 2.45) is 0 Å². The molecule has 3 aromatic carbocycles. The molecule has 0 fully saturated rings. The summed E-state index contributed by atoms with van der Waals surface area (Å²) < 4.78 is 26.9. The zero-order valence-electron chi connectivity index (χ0n) is 25.1. The van der Waals surface area contributed by atoms with E-state index in [-0.39, 0.29) is 43.8 Å². The van der Waals surface area contributed by atoms with Gasteiger partial charge in [0.1, 0.15) is 6.04 Å². The molecule has 0 spiro atoms. The van der Waals surface area contributed by atoms with Gasteiger partial charge in [-0.1, -0.05) is 73.1 Å². The Bertz CT molecular complexity index is 1460. The lowest BCUT2D eigenvalue weighted by Crippen LogP contribution is -2.52. The number of halogens is 1. The van der Waals surface area contributed by atoms with Crippen molar-refractivity contribution < 1.29 is 18.0 Å². The number of hydrogen-bond donors (Lipinski definition) is 1. The summed E-state index contributed by atoms with van der Waals surface area (Å²) in [6.07, 6.45) is 2.63. The highest BCUT2D eigenvalue weighted by Crippen LogP contribution is 2.25. The van der Waals surface area contributed by atoms with Gasteiger partial charge in [0.15, 0.2) is 0 Å². The molecule has 42 heavy (non-hydrogen) atoms. The topological polar surface area (TPSA) is 86.8 Å². The van der Waals surface area contributed by atoms with Crippen LogP contribution in [0, 0.1) is 13.8 Å². The number of anilines is 1. The van der Waals surface area contributed by atoms with E-state index in [1.807, 2.05) is 88.4 Å². The molecule has 0 saturated carbocycles. The number of aryl methyl sites for hydroxylation is 2. The fourth-order valence-electron chi connectivity index (χ4n) is 4.80. The van der Waals surface area contributed by atoms with Crippen LogP contribution in [0.2, 0.25) is 5.02 Å². The van der Waals surface area contributed by atoms with Crippen LogP contribution in [0.15, 0.2) is 72.8 Å². The standard InChI is InChI=1S/C33H42ClN3O4S/c1-6-26(4)35-33(39)31(22-27-12-8-7-9-13-27)36(23-28-14-10-15-29(34)21-28)32(38)16-11-19-37(42(5,40)41)30-20-24(2)17-18-25(30)3/h7-10,12-15,17-18,20-21,26,31H,6,11,16,19,22-23H2,1-5H3,(H,35,39). The first-order chi connectivity index (χ1) is 19.9. The molecule has 1 N–H and O–H groups in total. The Kier molecular flexibility index (Phi) is 12.0. The molecule has 2 amide bonds. The second kappa shape index (κ2) is 15.2. The summed E-state index contributed by atoms with van der Waals surface area (Å²) in [6, 6.07) is 21.7. The molecule has 0 saturated heterocycles. The maximum absolute atomic E-state index is 14.0. The van der Waals surface area contributed by atoms with E-state index >= 15 is 0 Å². The van der Waals surface area contributed by atoms with Gasteiger partial charge >= 0.3 is 0 Å². The van der Waals surface area contributed by atoms with Crippen molar-refractivity contribution in [2.45, 2.75) is 72.0 Å². The van der Waals surface area contributed by atoms with Crippen LogP contribution in [0.4, 0.5) is 5.69 Å². The van der Waals surface area contributed by atoms with Gasteiger partial charge in [0.2, 0.25) is 21.8 Å². The van der Waals surface area contributed by atoms with Gasteiger partial charge in [-0.3, -0.25) is 13.9 Å². The van der Waals surface area contributed by atoms with E-state index in [0.29, 0.717) is 17.1 Å². The number of nitrogens with one attached hydrogen (secondary N) is 1. The highest BCUT2D eigenvalue weighted by atomic mass is 35.5. The molecule has 7 nitrogen and oxygen atoms in total. The third-order valence-electron chi connectivity index (χ3n) is 7.30. The highest BCUT2D eigenvalue weighted by Gasteiger charge is 2.31. The Labute approximate surface area is 255 Å². The van der Waals surface area contributed by atoms with Gasteiger partial charge in [0.25, 0.3) is 0 Å². The zero-order valence-corrected chi connectivity index (χ0v) is 26.7. The number of carbonyl (C=O) groups excluding carboxylic acids is 2. The molecular weight excluding hydrogens is 570 g/mol. The Morgan fingerprint density at radius 2 is 1.64 bits per heavy atom. The molecule has 0 bridgehead atoms. The molecule has 3 aromatic rings. The first kappa shape index (κ1) is 33.1. The van der Waals surface area contributed by atoms with Crippen molar-refractivity contribution in [3.05, 3.63) is 100 Å². The average Bonchev–Trinajstić information content (AvgIpc) is 2.94. The molecule has 0 aliphatic rings. The van der Waals surface area contributed by atoms with E-state index in [4.69, 9.17) is 11.6 Å². The van der Waals surface area contributed by atoms with Crippen molar-refractivity contribution in [1.29, 1.82) is 0 Å². The zero-order chi connectivity index (χ0) is 30.9. The van der Waals surface area contributed by atoms with Gasteiger partial charge in [-0.25, -0.2) is 8.42 Å². The first-order valence-corrected chi connectivity index (χ1v) is 16.5. The molecule has 0 aliphatic heterocycles. The number of sulfonamides is 1. The average molecular weight is 612 g/mol. The van der Waals surface area contributed by atoms with Gasteiger partial charge < -0.3 is 10.2 Å². The van der Waals surface area contributed by atoms with Crippen LogP contribution in [0.5, 0.6) is 0 Å². The predicted octanol–water partition coefficient (Wildman–Crippen LogP) is 6.06. The fraction of sp³-hybridized carbons (Fsp3) is 0.394. The summed E-state index contributed by atoms with van der Waals surface area (Å²) in [6.45, 7) is 8.05. The maximum Gasteiger partial charge on any atom is 0.243 e. The van der Waals surface area contributed by atoms with Crippen molar-refractivity contribution in [1.82, 2.24) is 10.2 Å². The van der Waals surface area contributed by atoms with Crippen LogP contribution < -0.4 is 9.62 Å². The smallest absolute Gasteiger partial charge is 0.243 e. The molecule has 0 aliphatic carbocycles. The van der Waals surface area contributed by atoms with Crippen LogP contribution in [0.1, 0.15) is 55.4 Å². The van der Waals surface area contributed by atoms with Crippen molar-refractivity contribution in [2.75, 3.05) is 17.1 Å². The van der Waals surface area contributed by atoms with Gasteiger partial charge in [0, 0.05) is 37.0 Å². The van der Waals surface area contributed by atoms with E-state index in [1.54, 1.807) is 17.0 Å². The minimum absolute atomic E-state index is 0.0558. The number of nitrogens with zero attached hydrogens (tertiary/aromatic N) is 2. The third-order valence-corrected chi connectivity index (χ3v) is 8.71. The summed E-state index contributed by atoms with van der Waals surface area (Å²) in [5, 5.41) is 3.61. The maximum atomic E-state index is 14.0. The number of carbonyl (C=O) groups is 2. The minimum atomic E-state index is -3.59. The Balaban J connectivity index is 1.91. The molecule has 3 rings (SSSR count). The fourth-order valence-corrected chi connectivity index (χ4v) is 6.03. The van der Waals surface area contributed by atoms with E-state index < -0.39 is 16.1 Å². The summed E-state index contributed by atoms with van der Waals surface area (Å²) in [5.74, 6) is -0.457. The molecule has 0 heterocycles. The van der Waals surface area contributed by atoms with Crippen molar-refractivity contribution in [3.8, 4) is 0 Å². The molecule has 226 valence electrons. The van der Waals surface area contributed by atoms with Crippen molar-refractivity contribution in [3.63, 3.8) is 0 Å². The molecule has 2 unspecified atom stereocenters. The molecule has 9 heteroatoms.